The van der Waals surface area contributed by atoms with Crippen LogP contribution in [0.15, 0.2) is 18.2 Å². The fraction of sp³-hybridized carbons (Fsp3) is 0.562. The van der Waals surface area contributed by atoms with Gasteiger partial charge in [0, 0.05) is 18.3 Å². The summed E-state index contributed by atoms with van der Waals surface area (Å²) in [5, 5.41) is 9.13. The minimum atomic E-state index is -0.827. The van der Waals surface area contributed by atoms with Crippen molar-refractivity contribution in [2.24, 2.45) is 5.92 Å². The lowest BCUT2D eigenvalue weighted by molar-refractivity contribution is 0.0697. The molecule has 1 saturated carbocycles. The van der Waals surface area contributed by atoms with Crippen LogP contribution >= 0.6 is 0 Å². The van der Waals surface area contributed by atoms with Crippen LogP contribution in [0.4, 0.5) is 5.69 Å². The van der Waals surface area contributed by atoms with Gasteiger partial charge in [-0.1, -0.05) is 13.0 Å². The first-order valence-electron chi connectivity index (χ1n) is 7.28. The number of hydrogen-bond donors (Lipinski definition) is 1. The summed E-state index contributed by atoms with van der Waals surface area (Å²) < 4.78 is 0. The molecule has 1 heterocycles. The number of rotatable bonds is 2. The van der Waals surface area contributed by atoms with E-state index >= 15 is 0 Å². The summed E-state index contributed by atoms with van der Waals surface area (Å²) in [5.41, 5.74) is 2.89. The normalized spacial score (nSPS) is 26.3. The van der Waals surface area contributed by atoms with E-state index in [0.717, 1.165) is 18.9 Å². The van der Waals surface area contributed by atoms with Crippen molar-refractivity contribution in [2.45, 2.75) is 45.1 Å². The van der Waals surface area contributed by atoms with Crippen LogP contribution < -0.4 is 4.90 Å². The summed E-state index contributed by atoms with van der Waals surface area (Å²) in [5.74, 6) is 0.0237. The van der Waals surface area contributed by atoms with E-state index in [1.807, 2.05) is 12.1 Å². The lowest BCUT2D eigenvalue weighted by Gasteiger charge is -2.35. The zero-order chi connectivity index (χ0) is 13.4. The van der Waals surface area contributed by atoms with Crippen molar-refractivity contribution in [3.05, 3.63) is 29.3 Å². The van der Waals surface area contributed by atoms with Gasteiger partial charge in [0.15, 0.2) is 0 Å². The number of aromatic carboxylic acids is 1. The molecule has 1 aromatic rings. The topological polar surface area (TPSA) is 40.5 Å². The van der Waals surface area contributed by atoms with Crippen molar-refractivity contribution in [3.63, 3.8) is 0 Å². The Morgan fingerprint density at radius 1 is 1.26 bits per heavy atom. The van der Waals surface area contributed by atoms with E-state index in [-0.39, 0.29) is 0 Å². The SMILES string of the molecule is CC1CCC(N2CCc3ccc(C(=O)O)cc32)CC1. The Balaban J connectivity index is 1.84. The zero-order valence-corrected chi connectivity index (χ0v) is 11.4. The van der Waals surface area contributed by atoms with Crippen molar-refractivity contribution in [1.29, 1.82) is 0 Å². The average molecular weight is 259 g/mol. The molecule has 1 N–H and O–H groups in total. The molecule has 0 unspecified atom stereocenters. The Bertz CT molecular complexity index is 490. The summed E-state index contributed by atoms with van der Waals surface area (Å²) in [4.78, 5) is 13.6. The quantitative estimate of drug-likeness (QED) is 0.885. The largest absolute Gasteiger partial charge is 0.478 e. The molecule has 1 fully saturated rings. The molecule has 0 saturated heterocycles. The van der Waals surface area contributed by atoms with Gasteiger partial charge in [0.05, 0.1) is 5.56 Å². The van der Waals surface area contributed by atoms with Crippen molar-refractivity contribution in [3.8, 4) is 0 Å². The first kappa shape index (κ1) is 12.5. The summed E-state index contributed by atoms with van der Waals surface area (Å²) >= 11 is 0. The third-order valence-corrected chi connectivity index (χ3v) is 4.69. The fourth-order valence-corrected chi connectivity index (χ4v) is 3.47. The van der Waals surface area contributed by atoms with Gasteiger partial charge in [0.2, 0.25) is 0 Å². The highest BCUT2D eigenvalue weighted by molar-refractivity contribution is 5.89. The van der Waals surface area contributed by atoms with Gasteiger partial charge >= 0.3 is 5.97 Å². The molecule has 0 aromatic heterocycles. The van der Waals surface area contributed by atoms with Crippen molar-refractivity contribution < 1.29 is 9.90 Å². The van der Waals surface area contributed by atoms with Gasteiger partial charge in [0.25, 0.3) is 0 Å². The number of hydrogen-bond acceptors (Lipinski definition) is 2. The molecule has 1 aromatic carbocycles. The summed E-state index contributed by atoms with van der Waals surface area (Å²) in [6.07, 6.45) is 6.15. The van der Waals surface area contributed by atoms with Crippen LogP contribution in [0.3, 0.4) is 0 Å². The standard InChI is InChI=1S/C16H21NO2/c1-11-2-6-14(7-3-11)17-9-8-12-4-5-13(16(18)19)10-15(12)17/h4-5,10-11,14H,2-3,6-9H2,1H3,(H,18,19). The second kappa shape index (κ2) is 4.87. The van der Waals surface area contributed by atoms with E-state index in [4.69, 9.17) is 5.11 Å². The number of carboxylic acid groups (broad SMARTS) is 1. The molecular formula is C16H21NO2. The molecule has 102 valence electrons. The van der Waals surface area contributed by atoms with E-state index < -0.39 is 5.97 Å². The van der Waals surface area contributed by atoms with E-state index in [2.05, 4.69) is 11.8 Å². The lowest BCUT2D eigenvalue weighted by atomic mass is 9.86. The maximum atomic E-state index is 11.1. The van der Waals surface area contributed by atoms with Gasteiger partial charge in [-0.3, -0.25) is 0 Å². The lowest BCUT2D eigenvalue weighted by Crippen LogP contribution is -2.36. The predicted molar refractivity (Wildman–Crippen MR) is 75.9 cm³/mol. The second-order valence-corrected chi connectivity index (χ2v) is 6.01. The molecule has 19 heavy (non-hydrogen) atoms. The number of carboxylic acids is 1. The zero-order valence-electron chi connectivity index (χ0n) is 11.4. The number of fused-ring (bicyclic) bond motifs is 1. The molecule has 3 heteroatoms. The maximum absolute atomic E-state index is 11.1. The van der Waals surface area contributed by atoms with Crippen LogP contribution in [0.5, 0.6) is 0 Å². The first-order chi connectivity index (χ1) is 9.15. The summed E-state index contributed by atoms with van der Waals surface area (Å²) in [6, 6.07) is 6.20. The maximum Gasteiger partial charge on any atom is 0.335 e. The number of nitrogens with zero attached hydrogens (tertiary/aromatic N) is 1. The van der Waals surface area contributed by atoms with E-state index in [0.29, 0.717) is 11.6 Å². The van der Waals surface area contributed by atoms with Gasteiger partial charge in [-0.2, -0.15) is 0 Å². The molecule has 1 aliphatic carbocycles. The number of benzene rings is 1. The molecule has 1 aliphatic heterocycles. The van der Waals surface area contributed by atoms with Crippen molar-refractivity contribution in [2.75, 3.05) is 11.4 Å². The third kappa shape index (κ3) is 2.34. The molecule has 3 nitrogen and oxygen atoms in total. The van der Waals surface area contributed by atoms with Crippen LogP contribution in [0.2, 0.25) is 0 Å². The minimum absolute atomic E-state index is 0.412. The Kier molecular flexibility index (Phi) is 3.21. The molecule has 0 atom stereocenters. The number of carbonyl (C=O) groups is 1. The Labute approximate surface area is 114 Å². The van der Waals surface area contributed by atoms with E-state index in [9.17, 15) is 4.79 Å². The second-order valence-electron chi connectivity index (χ2n) is 6.01. The highest BCUT2D eigenvalue weighted by Crippen LogP contribution is 2.36. The first-order valence-corrected chi connectivity index (χ1v) is 7.28. The van der Waals surface area contributed by atoms with Gasteiger partial charge < -0.3 is 10.0 Å². The van der Waals surface area contributed by atoms with Gasteiger partial charge in [-0.05, 0) is 55.7 Å². The van der Waals surface area contributed by atoms with Gasteiger partial charge in [-0.25, -0.2) is 4.79 Å². The molecular weight excluding hydrogens is 238 g/mol. The smallest absolute Gasteiger partial charge is 0.335 e. The van der Waals surface area contributed by atoms with Crippen LogP contribution in [-0.2, 0) is 6.42 Å². The Morgan fingerprint density at radius 3 is 2.68 bits per heavy atom. The Morgan fingerprint density at radius 2 is 2.00 bits per heavy atom. The average Bonchev–Trinajstić information content (AvgIpc) is 2.82. The van der Waals surface area contributed by atoms with Crippen LogP contribution in [0.25, 0.3) is 0 Å². The number of anilines is 1. The van der Waals surface area contributed by atoms with Crippen molar-refractivity contribution in [1.82, 2.24) is 0 Å². The summed E-state index contributed by atoms with van der Waals surface area (Å²) in [7, 11) is 0. The Hall–Kier alpha value is -1.51. The van der Waals surface area contributed by atoms with Gasteiger partial charge in [0.1, 0.15) is 0 Å². The molecule has 2 aliphatic rings. The van der Waals surface area contributed by atoms with E-state index in [1.165, 1.54) is 36.9 Å². The third-order valence-electron chi connectivity index (χ3n) is 4.69. The fourth-order valence-electron chi connectivity index (χ4n) is 3.47. The predicted octanol–water partition coefficient (Wildman–Crippen LogP) is 3.33. The molecule has 3 rings (SSSR count). The molecule has 0 spiro atoms. The monoisotopic (exact) mass is 259 g/mol. The van der Waals surface area contributed by atoms with Crippen LogP contribution in [-0.4, -0.2) is 23.7 Å². The van der Waals surface area contributed by atoms with E-state index in [1.54, 1.807) is 6.07 Å². The van der Waals surface area contributed by atoms with Crippen molar-refractivity contribution >= 4 is 11.7 Å². The molecule has 0 radical (unpaired) electrons. The molecule has 0 amide bonds. The highest BCUT2D eigenvalue weighted by atomic mass is 16.4. The van der Waals surface area contributed by atoms with Gasteiger partial charge in [-0.15, -0.1) is 0 Å². The summed E-state index contributed by atoms with van der Waals surface area (Å²) in [6.45, 7) is 3.38. The van der Waals surface area contributed by atoms with Crippen LogP contribution in [0.1, 0.15) is 48.5 Å². The minimum Gasteiger partial charge on any atom is -0.478 e. The molecule has 0 bridgehead atoms. The highest BCUT2D eigenvalue weighted by Gasteiger charge is 2.29. The van der Waals surface area contributed by atoms with Crippen LogP contribution in [0, 0.1) is 5.92 Å².